The Bertz CT molecular complexity index is 340. The molecule has 1 aromatic rings. The monoisotopic (exact) mass is 217 g/mol. The van der Waals surface area contributed by atoms with Crippen LogP contribution in [0, 0.1) is 0 Å². The van der Waals surface area contributed by atoms with Gasteiger partial charge in [-0.15, -0.1) is 11.6 Å². The largest absolute Gasteiger partial charge is 0.383 e. The summed E-state index contributed by atoms with van der Waals surface area (Å²) in [5.74, 6) is 0.683. The molecule has 0 radical (unpaired) electrons. The van der Waals surface area contributed by atoms with Crippen LogP contribution in [0.3, 0.4) is 0 Å². The summed E-state index contributed by atoms with van der Waals surface area (Å²) in [5, 5.41) is 0. The van der Waals surface area contributed by atoms with Crippen molar-refractivity contribution in [1.82, 2.24) is 9.55 Å². The molecule has 1 rings (SSSR count). The molecule has 2 N–H and O–H groups in total. The van der Waals surface area contributed by atoms with E-state index in [4.69, 9.17) is 22.1 Å². The standard InChI is InChI=1S/C8H12ClN3O2/c9-2-5-14-6-4-12-3-1-7(10)11-8(12)13/h1,3H,2,4-6H2,(H2,10,11,13). The van der Waals surface area contributed by atoms with E-state index in [1.165, 1.54) is 4.57 Å². The SMILES string of the molecule is Nc1ccn(CCOCCCl)c(=O)n1. The molecule has 0 bridgehead atoms. The van der Waals surface area contributed by atoms with Crippen LogP contribution < -0.4 is 11.4 Å². The summed E-state index contributed by atoms with van der Waals surface area (Å²) in [6, 6.07) is 1.57. The molecule has 5 nitrogen and oxygen atoms in total. The Balaban J connectivity index is 2.47. The number of nitrogens with two attached hydrogens (primary N) is 1. The molecule has 6 heteroatoms. The molecule has 0 aromatic carbocycles. The zero-order chi connectivity index (χ0) is 10.4. The molecule has 0 aliphatic rings. The lowest BCUT2D eigenvalue weighted by atomic mass is 10.5. The number of rotatable bonds is 5. The predicted molar refractivity (Wildman–Crippen MR) is 54.4 cm³/mol. The van der Waals surface area contributed by atoms with Gasteiger partial charge in [-0.05, 0) is 6.07 Å². The maximum absolute atomic E-state index is 11.2. The van der Waals surface area contributed by atoms with Crippen molar-refractivity contribution in [2.75, 3.05) is 24.8 Å². The Morgan fingerprint density at radius 3 is 3.00 bits per heavy atom. The number of hydrogen-bond donors (Lipinski definition) is 1. The van der Waals surface area contributed by atoms with Gasteiger partial charge in [-0.3, -0.25) is 4.57 Å². The van der Waals surface area contributed by atoms with Gasteiger partial charge in [0.1, 0.15) is 5.82 Å². The lowest BCUT2D eigenvalue weighted by molar-refractivity contribution is 0.139. The molecular formula is C8H12ClN3O2. The van der Waals surface area contributed by atoms with Crippen molar-refractivity contribution >= 4 is 17.4 Å². The highest BCUT2D eigenvalue weighted by atomic mass is 35.5. The Kier molecular flexibility index (Phi) is 4.42. The van der Waals surface area contributed by atoms with Crippen LogP contribution in [0.1, 0.15) is 0 Å². The van der Waals surface area contributed by atoms with Gasteiger partial charge in [0.05, 0.1) is 19.8 Å². The fourth-order valence-electron chi connectivity index (χ4n) is 0.932. The van der Waals surface area contributed by atoms with E-state index in [9.17, 15) is 4.79 Å². The van der Waals surface area contributed by atoms with Gasteiger partial charge in [0.2, 0.25) is 0 Å². The van der Waals surface area contributed by atoms with Crippen LogP contribution in [0.25, 0.3) is 0 Å². The van der Waals surface area contributed by atoms with E-state index in [2.05, 4.69) is 4.98 Å². The fraction of sp³-hybridized carbons (Fsp3) is 0.500. The first kappa shape index (κ1) is 11.0. The number of nitrogens with zero attached hydrogens (tertiary/aromatic N) is 2. The van der Waals surface area contributed by atoms with Crippen molar-refractivity contribution in [3.63, 3.8) is 0 Å². The van der Waals surface area contributed by atoms with E-state index in [1.807, 2.05) is 0 Å². The van der Waals surface area contributed by atoms with Crippen LogP contribution in [0.15, 0.2) is 17.1 Å². The number of halogens is 1. The van der Waals surface area contributed by atoms with Crippen LogP contribution >= 0.6 is 11.6 Å². The smallest absolute Gasteiger partial charge is 0.349 e. The highest BCUT2D eigenvalue weighted by Gasteiger charge is 1.96. The fourth-order valence-corrected chi connectivity index (χ4v) is 1.04. The van der Waals surface area contributed by atoms with Crippen molar-refractivity contribution < 1.29 is 4.74 Å². The summed E-state index contributed by atoms with van der Waals surface area (Å²) in [4.78, 5) is 14.8. The van der Waals surface area contributed by atoms with Crippen LogP contribution in [-0.4, -0.2) is 28.6 Å². The Labute approximate surface area is 86.5 Å². The molecule has 0 amide bonds. The highest BCUT2D eigenvalue weighted by Crippen LogP contribution is 1.89. The lowest BCUT2D eigenvalue weighted by Gasteiger charge is -2.04. The number of alkyl halides is 1. The molecule has 1 heterocycles. The average Bonchev–Trinajstić information content (AvgIpc) is 2.15. The minimum atomic E-state index is -0.362. The van der Waals surface area contributed by atoms with Crippen molar-refractivity contribution in [2.24, 2.45) is 0 Å². The molecule has 0 saturated carbocycles. The molecule has 0 spiro atoms. The van der Waals surface area contributed by atoms with E-state index >= 15 is 0 Å². The maximum atomic E-state index is 11.2. The zero-order valence-electron chi connectivity index (χ0n) is 7.65. The average molecular weight is 218 g/mol. The quantitative estimate of drug-likeness (QED) is 0.560. The summed E-state index contributed by atoms with van der Waals surface area (Å²) in [5.41, 5.74) is 4.97. The first-order valence-electron chi connectivity index (χ1n) is 4.20. The molecule has 78 valence electrons. The molecular weight excluding hydrogens is 206 g/mol. The Hall–Kier alpha value is -1.07. The summed E-state index contributed by atoms with van der Waals surface area (Å²) in [6.07, 6.45) is 1.59. The third-order valence-electron chi connectivity index (χ3n) is 1.59. The zero-order valence-corrected chi connectivity index (χ0v) is 8.41. The normalized spacial score (nSPS) is 10.4. The minimum Gasteiger partial charge on any atom is -0.383 e. The first-order valence-corrected chi connectivity index (χ1v) is 4.74. The van der Waals surface area contributed by atoms with Gasteiger partial charge in [0.15, 0.2) is 0 Å². The summed E-state index contributed by atoms with van der Waals surface area (Å²) < 4.78 is 6.56. The van der Waals surface area contributed by atoms with E-state index in [1.54, 1.807) is 12.3 Å². The van der Waals surface area contributed by atoms with Gasteiger partial charge in [-0.25, -0.2) is 4.79 Å². The lowest BCUT2D eigenvalue weighted by Crippen LogP contribution is -2.25. The molecule has 0 fully saturated rings. The second kappa shape index (κ2) is 5.62. The van der Waals surface area contributed by atoms with Crippen molar-refractivity contribution in [2.45, 2.75) is 6.54 Å². The maximum Gasteiger partial charge on any atom is 0.349 e. The van der Waals surface area contributed by atoms with Crippen LogP contribution in [0.5, 0.6) is 0 Å². The van der Waals surface area contributed by atoms with Crippen molar-refractivity contribution in [1.29, 1.82) is 0 Å². The van der Waals surface area contributed by atoms with Gasteiger partial charge >= 0.3 is 5.69 Å². The second-order valence-corrected chi connectivity index (χ2v) is 3.01. The van der Waals surface area contributed by atoms with Crippen molar-refractivity contribution in [3.05, 3.63) is 22.7 Å². The van der Waals surface area contributed by atoms with Gasteiger partial charge in [-0.1, -0.05) is 0 Å². The molecule has 1 aromatic heterocycles. The minimum absolute atomic E-state index is 0.230. The van der Waals surface area contributed by atoms with Gasteiger partial charge in [0, 0.05) is 12.1 Å². The number of anilines is 1. The Morgan fingerprint density at radius 1 is 1.57 bits per heavy atom. The molecule has 0 saturated heterocycles. The number of nitrogen functional groups attached to an aromatic ring is 1. The summed E-state index contributed by atoms with van der Waals surface area (Å²) >= 11 is 5.41. The molecule has 0 aliphatic carbocycles. The van der Waals surface area contributed by atoms with Crippen LogP contribution in [0.4, 0.5) is 5.82 Å². The Morgan fingerprint density at radius 2 is 2.36 bits per heavy atom. The number of ether oxygens (including phenoxy) is 1. The third kappa shape index (κ3) is 3.35. The topological polar surface area (TPSA) is 70.1 Å². The molecule has 0 atom stereocenters. The second-order valence-electron chi connectivity index (χ2n) is 2.63. The van der Waals surface area contributed by atoms with Crippen molar-refractivity contribution in [3.8, 4) is 0 Å². The highest BCUT2D eigenvalue weighted by molar-refractivity contribution is 6.17. The van der Waals surface area contributed by atoms with Gasteiger partial charge in [0.25, 0.3) is 0 Å². The van der Waals surface area contributed by atoms with Gasteiger partial charge < -0.3 is 10.5 Å². The summed E-state index contributed by atoms with van der Waals surface area (Å²) in [7, 11) is 0. The van der Waals surface area contributed by atoms with E-state index in [0.29, 0.717) is 25.6 Å². The van der Waals surface area contributed by atoms with E-state index in [0.717, 1.165) is 0 Å². The molecule has 0 unspecified atom stereocenters. The first-order chi connectivity index (χ1) is 6.74. The predicted octanol–water partition coefficient (Wildman–Crippen LogP) is 0.0809. The number of aromatic nitrogens is 2. The molecule has 0 aliphatic heterocycles. The van der Waals surface area contributed by atoms with Crippen LogP contribution in [0.2, 0.25) is 0 Å². The van der Waals surface area contributed by atoms with Crippen LogP contribution in [-0.2, 0) is 11.3 Å². The number of hydrogen-bond acceptors (Lipinski definition) is 4. The molecule has 14 heavy (non-hydrogen) atoms. The third-order valence-corrected chi connectivity index (χ3v) is 1.75. The summed E-state index contributed by atoms with van der Waals surface area (Å²) in [6.45, 7) is 1.39. The van der Waals surface area contributed by atoms with E-state index < -0.39 is 0 Å². The van der Waals surface area contributed by atoms with Gasteiger partial charge in [-0.2, -0.15) is 4.98 Å². The van der Waals surface area contributed by atoms with E-state index in [-0.39, 0.29) is 11.5 Å².